The van der Waals surface area contributed by atoms with Crippen molar-refractivity contribution in [1.29, 1.82) is 0 Å². The highest BCUT2D eigenvalue weighted by Crippen LogP contribution is 2.34. The van der Waals surface area contributed by atoms with E-state index in [1.807, 2.05) is 30.3 Å². The minimum absolute atomic E-state index is 0.438. The smallest absolute Gasteiger partial charge is 0.248 e. The second kappa shape index (κ2) is 6.79. The minimum atomic E-state index is -0.438. The van der Waals surface area contributed by atoms with Gasteiger partial charge >= 0.3 is 0 Å². The zero-order valence-electron chi connectivity index (χ0n) is 14.0. The molecular formula is C19H18N4O3. The third-order valence-electron chi connectivity index (χ3n) is 4.20. The van der Waals surface area contributed by atoms with E-state index < -0.39 is 5.91 Å². The molecule has 0 fully saturated rings. The van der Waals surface area contributed by atoms with Crippen molar-refractivity contribution >= 4 is 11.6 Å². The van der Waals surface area contributed by atoms with Gasteiger partial charge in [0.1, 0.15) is 13.2 Å². The minimum Gasteiger partial charge on any atom is -0.486 e. The van der Waals surface area contributed by atoms with Gasteiger partial charge in [-0.25, -0.2) is 0 Å². The summed E-state index contributed by atoms with van der Waals surface area (Å²) in [7, 11) is 0. The molecule has 0 atom stereocenters. The lowest BCUT2D eigenvalue weighted by Crippen LogP contribution is -2.15. The Morgan fingerprint density at radius 3 is 2.65 bits per heavy atom. The molecule has 7 nitrogen and oxygen atoms in total. The van der Waals surface area contributed by atoms with Crippen LogP contribution in [0.1, 0.15) is 15.9 Å². The number of H-pyrrole nitrogens is 1. The monoisotopic (exact) mass is 350 g/mol. The second-order valence-electron chi connectivity index (χ2n) is 5.92. The van der Waals surface area contributed by atoms with Crippen LogP contribution >= 0.6 is 0 Å². The summed E-state index contributed by atoms with van der Waals surface area (Å²) in [6.07, 6.45) is 1.79. The lowest BCUT2D eigenvalue weighted by molar-refractivity contribution is 0.100. The highest BCUT2D eigenvalue weighted by Gasteiger charge is 2.15. The Bertz CT molecular complexity index is 934. The van der Waals surface area contributed by atoms with Crippen molar-refractivity contribution in [2.24, 2.45) is 5.73 Å². The Morgan fingerprint density at radius 2 is 1.88 bits per heavy atom. The highest BCUT2D eigenvalue weighted by molar-refractivity contribution is 5.93. The molecule has 1 aliphatic rings. The number of primary amides is 1. The number of rotatable bonds is 5. The van der Waals surface area contributed by atoms with Crippen LogP contribution in [0.4, 0.5) is 5.69 Å². The molecule has 0 aliphatic carbocycles. The van der Waals surface area contributed by atoms with E-state index >= 15 is 0 Å². The summed E-state index contributed by atoms with van der Waals surface area (Å²) in [6, 6.07) is 12.9. The summed E-state index contributed by atoms with van der Waals surface area (Å²) in [4.78, 5) is 11.1. The molecule has 26 heavy (non-hydrogen) atoms. The van der Waals surface area contributed by atoms with Crippen LogP contribution in [0.5, 0.6) is 11.5 Å². The normalized spacial score (nSPS) is 12.6. The topological polar surface area (TPSA) is 102 Å². The summed E-state index contributed by atoms with van der Waals surface area (Å²) in [6.45, 7) is 1.70. The Kier molecular flexibility index (Phi) is 4.18. The largest absolute Gasteiger partial charge is 0.486 e. The lowest BCUT2D eigenvalue weighted by Gasteiger charge is -2.18. The van der Waals surface area contributed by atoms with Crippen LogP contribution < -0.4 is 20.5 Å². The number of fused-ring (bicyclic) bond motifs is 1. The Labute approximate surface area is 150 Å². The molecule has 1 aliphatic heterocycles. The number of hydrogen-bond donors (Lipinski definition) is 3. The number of nitrogens with zero attached hydrogens (tertiary/aromatic N) is 1. The summed E-state index contributed by atoms with van der Waals surface area (Å²) < 4.78 is 11.2. The van der Waals surface area contributed by atoms with Gasteiger partial charge in [0, 0.05) is 28.9 Å². The molecule has 0 saturated heterocycles. The van der Waals surface area contributed by atoms with E-state index in [0.717, 1.165) is 34.0 Å². The van der Waals surface area contributed by atoms with Gasteiger partial charge in [-0.2, -0.15) is 5.10 Å². The van der Waals surface area contributed by atoms with Crippen LogP contribution in [0.2, 0.25) is 0 Å². The maximum absolute atomic E-state index is 11.1. The molecule has 1 aromatic heterocycles. The number of hydrogen-bond acceptors (Lipinski definition) is 5. The van der Waals surface area contributed by atoms with Crippen molar-refractivity contribution in [3.05, 3.63) is 59.8 Å². The first-order valence-electron chi connectivity index (χ1n) is 8.27. The average molecular weight is 350 g/mol. The molecular weight excluding hydrogens is 332 g/mol. The zero-order chi connectivity index (χ0) is 17.9. The molecule has 4 N–H and O–H groups in total. The Morgan fingerprint density at radius 1 is 1.12 bits per heavy atom. The number of amides is 1. The number of nitrogens with one attached hydrogen (secondary N) is 2. The number of nitrogens with two attached hydrogens (primary N) is 1. The molecule has 132 valence electrons. The molecule has 0 spiro atoms. The van der Waals surface area contributed by atoms with Gasteiger partial charge in [-0.1, -0.05) is 0 Å². The van der Waals surface area contributed by atoms with Crippen molar-refractivity contribution in [3.63, 3.8) is 0 Å². The van der Waals surface area contributed by atoms with E-state index in [1.54, 1.807) is 18.3 Å². The van der Waals surface area contributed by atoms with E-state index in [4.69, 9.17) is 15.2 Å². The number of benzene rings is 2. The van der Waals surface area contributed by atoms with Crippen LogP contribution in [0, 0.1) is 0 Å². The quantitative estimate of drug-likeness (QED) is 0.656. The first kappa shape index (κ1) is 16.0. The van der Waals surface area contributed by atoms with Crippen LogP contribution in [-0.4, -0.2) is 29.3 Å². The van der Waals surface area contributed by atoms with Gasteiger partial charge < -0.3 is 20.5 Å². The fourth-order valence-electron chi connectivity index (χ4n) is 2.84. The summed E-state index contributed by atoms with van der Waals surface area (Å²) >= 11 is 0. The van der Waals surface area contributed by atoms with Gasteiger partial charge in [0.15, 0.2) is 11.5 Å². The SMILES string of the molecule is NC(=O)c1ccc(NCc2cn[nH]c2-c2ccc3c(c2)OCCO3)cc1. The molecule has 0 unspecified atom stereocenters. The van der Waals surface area contributed by atoms with Gasteiger partial charge in [-0.15, -0.1) is 0 Å². The first-order chi connectivity index (χ1) is 12.7. The van der Waals surface area contributed by atoms with Crippen LogP contribution in [0.15, 0.2) is 48.7 Å². The molecule has 2 aromatic carbocycles. The predicted octanol–water partition coefficient (Wildman–Crippen LogP) is 2.56. The molecule has 4 rings (SSSR count). The summed E-state index contributed by atoms with van der Waals surface area (Å²) in [5.41, 5.74) is 9.55. The van der Waals surface area contributed by atoms with Gasteiger partial charge in [0.25, 0.3) is 0 Å². The van der Waals surface area contributed by atoms with Crippen molar-refractivity contribution in [2.45, 2.75) is 6.54 Å². The fraction of sp³-hybridized carbons (Fsp3) is 0.158. The lowest BCUT2D eigenvalue weighted by atomic mass is 10.1. The third kappa shape index (κ3) is 3.19. The Hall–Kier alpha value is -3.48. The first-order valence-corrected chi connectivity index (χ1v) is 8.27. The molecule has 0 saturated carbocycles. The number of aromatic nitrogens is 2. The van der Waals surface area contributed by atoms with Crippen molar-refractivity contribution in [1.82, 2.24) is 10.2 Å². The molecule has 1 amide bonds. The van der Waals surface area contributed by atoms with Crippen LogP contribution in [-0.2, 0) is 6.54 Å². The predicted molar refractivity (Wildman–Crippen MR) is 97.3 cm³/mol. The van der Waals surface area contributed by atoms with E-state index in [9.17, 15) is 4.79 Å². The standard InChI is InChI=1S/C19H18N4O3/c20-19(24)12-1-4-15(5-2-12)21-10-14-11-22-23-18(14)13-3-6-16-17(9-13)26-8-7-25-16/h1-6,9,11,21H,7-8,10H2,(H2,20,24)(H,22,23). The summed E-state index contributed by atoms with van der Waals surface area (Å²) in [5, 5.41) is 10.5. The van der Waals surface area contributed by atoms with Gasteiger partial charge in [0.2, 0.25) is 5.91 Å². The maximum atomic E-state index is 11.1. The van der Waals surface area contributed by atoms with E-state index in [1.165, 1.54) is 0 Å². The van der Waals surface area contributed by atoms with E-state index in [0.29, 0.717) is 25.3 Å². The summed E-state index contributed by atoms with van der Waals surface area (Å²) in [5.74, 6) is 1.06. The van der Waals surface area contributed by atoms with Crippen LogP contribution in [0.25, 0.3) is 11.3 Å². The molecule has 0 bridgehead atoms. The number of anilines is 1. The molecule has 0 radical (unpaired) electrons. The third-order valence-corrected chi connectivity index (χ3v) is 4.20. The van der Waals surface area contributed by atoms with Crippen molar-refractivity contribution < 1.29 is 14.3 Å². The molecule has 2 heterocycles. The van der Waals surface area contributed by atoms with Crippen molar-refractivity contribution in [2.75, 3.05) is 18.5 Å². The highest BCUT2D eigenvalue weighted by atomic mass is 16.6. The number of carbonyl (C=O) groups is 1. The number of carbonyl (C=O) groups excluding carboxylic acids is 1. The fourth-order valence-corrected chi connectivity index (χ4v) is 2.84. The van der Waals surface area contributed by atoms with Gasteiger partial charge in [-0.3, -0.25) is 9.89 Å². The second-order valence-corrected chi connectivity index (χ2v) is 5.92. The molecule has 7 heteroatoms. The van der Waals surface area contributed by atoms with Crippen molar-refractivity contribution in [3.8, 4) is 22.8 Å². The Balaban J connectivity index is 1.51. The van der Waals surface area contributed by atoms with E-state index in [2.05, 4.69) is 15.5 Å². The maximum Gasteiger partial charge on any atom is 0.248 e. The van der Waals surface area contributed by atoms with E-state index in [-0.39, 0.29) is 0 Å². The van der Waals surface area contributed by atoms with Gasteiger partial charge in [-0.05, 0) is 42.5 Å². The van der Waals surface area contributed by atoms with Gasteiger partial charge in [0.05, 0.1) is 11.9 Å². The zero-order valence-corrected chi connectivity index (χ0v) is 14.0. The average Bonchev–Trinajstić information content (AvgIpc) is 3.15. The number of aromatic amines is 1. The number of ether oxygens (including phenoxy) is 2. The molecule has 3 aromatic rings. The van der Waals surface area contributed by atoms with Crippen LogP contribution in [0.3, 0.4) is 0 Å².